The summed E-state index contributed by atoms with van der Waals surface area (Å²) in [5, 5.41) is 0. The summed E-state index contributed by atoms with van der Waals surface area (Å²) in [5.74, 6) is -1.72. The summed E-state index contributed by atoms with van der Waals surface area (Å²) in [6, 6.07) is 12.1. The standard InChI is InChI=1S/C15H10F2/c16-14-7-3-6-13(15(14)17)12-9-8-10-4-1-2-5-11(10)12/h1-9,12H. The van der Waals surface area contributed by atoms with Gasteiger partial charge >= 0.3 is 0 Å². The quantitative estimate of drug-likeness (QED) is 0.688. The highest BCUT2D eigenvalue weighted by Crippen LogP contribution is 2.36. The van der Waals surface area contributed by atoms with Crippen LogP contribution in [0.2, 0.25) is 0 Å². The Morgan fingerprint density at radius 2 is 1.59 bits per heavy atom. The molecule has 1 aliphatic carbocycles. The van der Waals surface area contributed by atoms with Gasteiger partial charge in [-0.2, -0.15) is 0 Å². The summed E-state index contributed by atoms with van der Waals surface area (Å²) in [4.78, 5) is 0. The average Bonchev–Trinajstić information content (AvgIpc) is 2.77. The third-order valence-corrected chi connectivity index (χ3v) is 3.12. The van der Waals surface area contributed by atoms with Gasteiger partial charge in [-0.25, -0.2) is 8.78 Å². The molecule has 1 unspecified atom stereocenters. The molecule has 0 saturated heterocycles. The zero-order valence-electron chi connectivity index (χ0n) is 9.03. The molecule has 0 spiro atoms. The Morgan fingerprint density at radius 3 is 2.47 bits per heavy atom. The third kappa shape index (κ3) is 1.57. The molecule has 0 saturated carbocycles. The second-order valence-electron chi connectivity index (χ2n) is 4.11. The highest BCUT2D eigenvalue weighted by Gasteiger charge is 2.22. The van der Waals surface area contributed by atoms with Crippen molar-refractivity contribution in [3.63, 3.8) is 0 Å². The van der Waals surface area contributed by atoms with Crippen molar-refractivity contribution in [2.24, 2.45) is 0 Å². The van der Waals surface area contributed by atoms with Crippen molar-refractivity contribution in [3.05, 3.63) is 76.9 Å². The molecule has 0 amide bonds. The maximum absolute atomic E-state index is 13.7. The topological polar surface area (TPSA) is 0 Å². The van der Waals surface area contributed by atoms with E-state index in [9.17, 15) is 8.78 Å². The summed E-state index contributed by atoms with van der Waals surface area (Å²) >= 11 is 0. The van der Waals surface area contributed by atoms with Crippen LogP contribution >= 0.6 is 0 Å². The normalized spacial score (nSPS) is 17.2. The van der Waals surface area contributed by atoms with Crippen LogP contribution in [0.1, 0.15) is 22.6 Å². The lowest BCUT2D eigenvalue weighted by molar-refractivity contribution is 0.498. The highest BCUT2D eigenvalue weighted by atomic mass is 19.2. The van der Waals surface area contributed by atoms with Crippen LogP contribution in [-0.2, 0) is 0 Å². The van der Waals surface area contributed by atoms with Crippen molar-refractivity contribution < 1.29 is 8.78 Å². The van der Waals surface area contributed by atoms with Crippen molar-refractivity contribution in [1.82, 2.24) is 0 Å². The number of hydrogen-bond acceptors (Lipinski definition) is 0. The maximum atomic E-state index is 13.7. The lowest BCUT2D eigenvalue weighted by Gasteiger charge is -2.12. The van der Waals surface area contributed by atoms with E-state index in [1.54, 1.807) is 12.1 Å². The molecule has 2 aromatic carbocycles. The number of benzene rings is 2. The van der Waals surface area contributed by atoms with Gasteiger partial charge in [0.1, 0.15) is 0 Å². The Hall–Kier alpha value is -1.96. The lowest BCUT2D eigenvalue weighted by Crippen LogP contribution is -2.01. The maximum Gasteiger partial charge on any atom is 0.162 e. The van der Waals surface area contributed by atoms with Crippen LogP contribution in [0.4, 0.5) is 8.78 Å². The van der Waals surface area contributed by atoms with E-state index < -0.39 is 11.6 Å². The minimum Gasteiger partial charge on any atom is -0.204 e. The monoisotopic (exact) mass is 228 g/mol. The van der Waals surface area contributed by atoms with Crippen LogP contribution < -0.4 is 0 Å². The molecule has 0 aromatic heterocycles. The van der Waals surface area contributed by atoms with Gasteiger partial charge in [0.05, 0.1) is 0 Å². The van der Waals surface area contributed by atoms with Crippen LogP contribution in [0.25, 0.3) is 6.08 Å². The number of rotatable bonds is 1. The van der Waals surface area contributed by atoms with E-state index in [-0.39, 0.29) is 5.92 Å². The molecule has 2 heteroatoms. The predicted octanol–water partition coefficient (Wildman–Crippen LogP) is 4.12. The first kappa shape index (κ1) is 10.2. The van der Waals surface area contributed by atoms with Gasteiger partial charge < -0.3 is 0 Å². The van der Waals surface area contributed by atoms with Gasteiger partial charge in [0.2, 0.25) is 0 Å². The summed E-state index contributed by atoms with van der Waals surface area (Å²) < 4.78 is 26.9. The summed E-state index contributed by atoms with van der Waals surface area (Å²) in [6.07, 6.45) is 3.85. The van der Waals surface area contributed by atoms with Crippen molar-refractivity contribution in [2.75, 3.05) is 0 Å². The van der Waals surface area contributed by atoms with Crippen LogP contribution in [0, 0.1) is 11.6 Å². The van der Waals surface area contributed by atoms with Crippen molar-refractivity contribution in [1.29, 1.82) is 0 Å². The molecule has 0 heterocycles. The first-order valence-corrected chi connectivity index (χ1v) is 5.48. The molecule has 3 rings (SSSR count). The molecule has 0 radical (unpaired) electrons. The Labute approximate surface area is 98.2 Å². The second-order valence-corrected chi connectivity index (χ2v) is 4.11. The lowest BCUT2D eigenvalue weighted by atomic mass is 9.93. The molecule has 1 atom stereocenters. The van der Waals surface area contributed by atoms with Gasteiger partial charge in [0, 0.05) is 11.5 Å². The molecule has 17 heavy (non-hydrogen) atoms. The first-order valence-electron chi connectivity index (χ1n) is 5.48. The van der Waals surface area contributed by atoms with Gasteiger partial charge in [-0.1, -0.05) is 48.6 Å². The van der Waals surface area contributed by atoms with Crippen LogP contribution in [0.5, 0.6) is 0 Å². The van der Waals surface area contributed by atoms with Gasteiger partial charge in [-0.05, 0) is 17.2 Å². The Balaban J connectivity index is 2.14. The molecule has 1 aliphatic rings. The fraction of sp³-hybridized carbons (Fsp3) is 0.0667. The molecule has 0 N–H and O–H groups in total. The van der Waals surface area contributed by atoms with E-state index in [0.717, 1.165) is 17.2 Å². The van der Waals surface area contributed by atoms with Crippen molar-refractivity contribution >= 4 is 6.08 Å². The molecule has 84 valence electrons. The third-order valence-electron chi connectivity index (χ3n) is 3.12. The largest absolute Gasteiger partial charge is 0.204 e. The van der Waals surface area contributed by atoms with Crippen LogP contribution in [-0.4, -0.2) is 0 Å². The number of fused-ring (bicyclic) bond motifs is 1. The zero-order chi connectivity index (χ0) is 11.8. The van der Waals surface area contributed by atoms with Crippen LogP contribution in [0.15, 0.2) is 48.5 Å². The van der Waals surface area contributed by atoms with E-state index in [0.29, 0.717) is 5.56 Å². The molecule has 0 fully saturated rings. The molecule has 2 aromatic rings. The highest BCUT2D eigenvalue weighted by molar-refractivity contribution is 5.65. The zero-order valence-corrected chi connectivity index (χ0v) is 9.03. The van der Waals surface area contributed by atoms with Gasteiger partial charge in [0.25, 0.3) is 0 Å². The second kappa shape index (κ2) is 3.81. The van der Waals surface area contributed by atoms with E-state index in [1.165, 1.54) is 0 Å². The Morgan fingerprint density at radius 1 is 0.824 bits per heavy atom. The molecule has 0 aliphatic heterocycles. The predicted molar refractivity (Wildman–Crippen MR) is 63.7 cm³/mol. The fourth-order valence-corrected chi connectivity index (χ4v) is 2.28. The molecular formula is C15H10F2. The fourth-order valence-electron chi connectivity index (χ4n) is 2.28. The van der Waals surface area contributed by atoms with Gasteiger partial charge in [-0.15, -0.1) is 0 Å². The smallest absolute Gasteiger partial charge is 0.162 e. The van der Waals surface area contributed by atoms with E-state index in [4.69, 9.17) is 0 Å². The van der Waals surface area contributed by atoms with E-state index >= 15 is 0 Å². The van der Waals surface area contributed by atoms with Crippen molar-refractivity contribution in [3.8, 4) is 0 Å². The number of allylic oxidation sites excluding steroid dienone is 1. The summed E-state index contributed by atoms with van der Waals surface area (Å²) in [5.41, 5.74) is 2.49. The van der Waals surface area contributed by atoms with Crippen molar-refractivity contribution in [2.45, 2.75) is 5.92 Å². The minimum atomic E-state index is -0.791. The summed E-state index contributed by atoms with van der Waals surface area (Å²) in [6.45, 7) is 0. The SMILES string of the molecule is Fc1cccc(C2C=Cc3ccccc32)c1F. The molecule has 0 bridgehead atoms. The van der Waals surface area contributed by atoms with E-state index in [2.05, 4.69) is 0 Å². The van der Waals surface area contributed by atoms with Gasteiger partial charge in [0.15, 0.2) is 11.6 Å². The van der Waals surface area contributed by atoms with E-state index in [1.807, 2.05) is 36.4 Å². The molecular weight excluding hydrogens is 218 g/mol. The Kier molecular flexibility index (Phi) is 2.29. The Bertz CT molecular complexity index is 600. The first-order chi connectivity index (χ1) is 8.27. The van der Waals surface area contributed by atoms with Crippen LogP contribution in [0.3, 0.4) is 0 Å². The van der Waals surface area contributed by atoms with Gasteiger partial charge in [-0.3, -0.25) is 0 Å². The number of halogens is 2. The minimum absolute atomic E-state index is 0.179. The molecule has 0 nitrogen and oxygen atoms in total. The number of hydrogen-bond donors (Lipinski definition) is 0. The average molecular weight is 228 g/mol. The summed E-state index contributed by atoms with van der Waals surface area (Å²) in [7, 11) is 0.